The molecular formula is C15H28N2O. The van der Waals surface area contributed by atoms with Gasteiger partial charge >= 0.3 is 0 Å². The number of rotatable bonds is 3. The van der Waals surface area contributed by atoms with Gasteiger partial charge in [0.1, 0.15) is 0 Å². The number of carbonyl (C=O) groups excluding carboxylic acids is 1. The van der Waals surface area contributed by atoms with Gasteiger partial charge in [-0.1, -0.05) is 26.7 Å². The van der Waals surface area contributed by atoms with Gasteiger partial charge in [0.05, 0.1) is 0 Å². The average molecular weight is 252 g/mol. The Balaban J connectivity index is 1.77. The van der Waals surface area contributed by atoms with E-state index >= 15 is 0 Å². The summed E-state index contributed by atoms with van der Waals surface area (Å²) in [6.07, 6.45) is 6.89. The summed E-state index contributed by atoms with van der Waals surface area (Å²) in [4.78, 5) is 12.2. The van der Waals surface area contributed by atoms with Crippen molar-refractivity contribution in [1.82, 2.24) is 5.32 Å². The minimum Gasteiger partial charge on any atom is -0.356 e. The summed E-state index contributed by atoms with van der Waals surface area (Å²) in [5.41, 5.74) is 6.01. The van der Waals surface area contributed by atoms with Crippen molar-refractivity contribution in [3.8, 4) is 0 Å². The second kappa shape index (κ2) is 6.05. The van der Waals surface area contributed by atoms with Crippen LogP contribution in [-0.4, -0.2) is 18.5 Å². The predicted octanol–water partition coefficient (Wildman–Crippen LogP) is 2.30. The number of nitrogens with one attached hydrogen (secondary N) is 1. The second-order valence-electron chi connectivity index (χ2n) is 6.68. The van der Waals surface area contributed by atoms with Crippen LogP contribution in [0.4, 0.5) is 0 Å². The lowest BCUT2D eigenvalue weighted by molar-refractivity contribution is -0.126. The van der Waals surface area contributed by atoms with Crippen molar-refractivity contribution in [2.24, 2.45) is 29.4 Å². The van der Waals surface area contributed by atoms with E-state index in [1.54, 1.807) is 0 Å². The summed E-state index contributed by atoms with van der Waals surface area (Å²) in [6.45, 7) is 5.39. The summed E-state index contributed by atoms with van der Waals surface area (Å²) in [5, 5.41) is 3.17. The highest BCUT2D eigenvalue weighted by Crippen LogP contribution is 2.31. The summed E-state index contributed by atoms with van der Waals surface area (Å²) < 4.78 is 0. The lowest BCUT2D eigenvalue weighted by atomic mass is 9.79. The molecule has 104 valence electrons. The van der Waals surface area contributed by atoms with E-state index in [4.69, 9.17) is 5.73 Å². The van der Waals surface area contributed by atoms with Crippen molar-refractivity contribution in [3.05, 3.63) is 0 Å². The van der Waals surface area contributed by atoms with E-state index in [0.717, 1.165) is 31.7 Å². The SMILES string of the molecule is CC1CC(N)CC(C(=O)NCC2CCCC2C)C1. The van der Waals surface area contributed by atoms with Gasteiger partial charge in [-0.25, -0.2) is 0 Å². The van der Waals surface area contributed by atoms with Crippen molar-refractivity contribution >= 4 is 5.91 Å². The maximum Gasteiger partial charge on any atom is 0.223 e. The van der Waals surface area contributed by atoms with Crippen LogP contribution in [0.5, 0.6) is 0 Å². The topological polar surface area (TPSA) is 55.1 Å². The molecule has 3 heteroatoms. The van der Waals surface area contributed by atoms with Crippen molar-refractivity contribution in [2.45, 2.75) is 58.4 Å². The lowest BCUT2D eigenvalue weighted by Crippen LogP contribution is -2.41. The van der Waals surface area contributed by atoms with Crippen molar-refractivity contribution < 1.29 is 4.79 Å². The molecule has 1 amide bonds. The molecule has 0 aromatic carbocycles. The van der Waals surface area contributed by atoms with Crippen molar-refractivity contribution in [3.63, 3.8) is 0 Å². The summed E-state index contributed by atoms with van der Waals surface area (Å²) in [7, 11) is 0. The third-order valence-electron chi connectivity index (χ3n) is 4.93. The molecule has 5 atom stereocenters. The van der Waals surface area contributed by atoms with Crippen LogP contribution in [0.1, 0.15) is 52.4 Å². The standard InChI is InChI=1S/C15H28N2O/c1-10-6-13(8-14(16)7-10)15(18)17-9-12-5-3-4-11(12)2/h10-14H,3-9,16H2,1-2H3,(H,17,18). The highest BCUT2D eigenvalue weighted by molar-refractivity contribution is 5.78. The highest BCUT2D eigenvalue weighted by atomic mass is 16.1. The Bertz CT molecular complexity index is 282. The first-order valence-electron chi connectivity index (χ1n) is 7.59. The molecule has 3 N–H and O–H groups in total. The molecule has 0 radical (unpaired) electrons. The Morgan fingerprint density at radius 3 is 2.61 bits per heavy atom. The molecule has 2 fully saturated rings. The Hall–Kier alpha value is -0.570. The van der Waals surface area contributed by atoms with Gasteiger partial charge in [-0.2, -0.15) is 0 Å². The quantitative estimate of drug-likeness (QED) is 0.810. The van der Waals surface area contributed by atoms with Gasteiger partial charge in [0, 0.05) is 18.5 Å². The third-order valence-corrected chi connectivity index (χ3v) is 4.93. The fraction of sp³-hybridized carbons (Fsp3) is 0.933. The monoisotopic (exact) mass is 252 g/mol. The molecule has 0 aromatic heterocycles. The van der Waals surface area contributed by atoms with Gasteiger partial charge in [-0.15, -0.1) is 0 Å². The van der Waals surface area contributed by atoms with Crippen LogP contribution in [0.15, 0.2) is 0 Å². The molecular weight excluding hydrogens is 224 g/mol. The largest absolute Gasteiger partial charge is 0.356 e. The van der Waals surface area contributed by atoms with Crippen LogP contribution in [0.3, 0.4) is 0 Å². The summed E-state index contributed by atoms with van der Waals surface area (Å²) >= 11 is 0. The van der Waals surface area contributed by atoms with E-state index in [9.17, 15) is 4.79 Å². The fourth-order valence-corrected chi connectivity index (χ4v) is 3.77. The van der Waals surface area contributed by atoms with Crippen LogP contribution >= 0.6 is 0 Å². The van der Waals surface area contributed by atoms with Gasteiger partial charge in [-0.3, -0.25) is 4.79 Å². The number of amides is 1. The minimum atomic E-state index is 0.153. The molecule has 2 saturated carbocycles. The van der Waals surface area contributed by atoms with Gasteiger partial charge in [-0.05, 0) is 43.4 Å². The molecule has 0 bridgehead atoms. The van der Waals surface area contributed by atoms with Gasteiger partial charge in [0.2, 0.25) is 5.91 Å². The van der Waals surface area contributed by atoms with Crippen LogP contribution in [-0.2, 0) is 4.79 Å². The van der Waals surface area contributed by atoms with Crippen LogP contribution in [0, 0.1) is 23.7 Å². The zero-order valence-electron chi connectivity index (χ0n) is 11.8. The maximum atomic E-state index is 12.2. The Kier molecular flexibility index (Phi) is 4.66. The smallest absolute Gasteiger partial charge is 0.223 e. The zero-order chi connectivity index (χ0) is 13.1. The Labute approximate surface area is 111 Å². The van der Waals surface area contributed by atoms with E-state index < -0.39 is 0 Å². The normalized spacial score (nSPS) is 40.7. The number of hydrogen-bond donors (Lipinski definition) is 2. The molecule has 5 unspecified atom stereocenters. The zero-order valence-corrected chi connectivity index (χ0v) is 11.8. The Morgan fingerprint density at radius 1 is 1.22 bits per heavy atom. The molecule has 2 rings (SSSR count). The lowest BCUT2D eigenvalue weighted by Gasteiger charge is -2.30. The summed E-state index contributed by atoms with van der Waals surface area (Å²) in [5.74, 6) is 2.47. The predicted molar refractivity (Wildman–Crippen MR) is 74.0 cm³/mol. The fourth-order valence-electron chi connectivity index (χ4n) is 3.77. The van der Waals surface area contributed by atoms with E-state index in [0.29, 0.717) is 11.8 Å². The second-order valence-corrected chi connectivity index (χ2v) is 6.68. The first-order valence-corrected chi connectivity index (χ1v) is 7.59. The molecule has 0 aliphatic heterocycles. The molecule has 3 nitrogen and oxygen atoms in total. The number of hydrogen-bond acceptors (Lipinski definition) is 2. The first kappa shape index (κ1) is 13.9. The highest BCUT2D eigenvalue weighted by Gasteiger charge is 2.30. The van der Waals surface area contributed by atoms with Crippen LogP contribution in [0.25, 0.3) is 0 Å². The minimum absolute atomic E-state index is 0.153. The molecule has 0 heterocycles. The van der Waals surface area contributed by atoms with Crippen LogP contribution < -0.4 is 11.1 Å². The van der Waals surface area contributed by atoms with E-state index in [1.165, 1.54) is 19.3 Å². The van der Waals surface area contributed by atoms with Crippen molar-refractivity contribution in [2.75, 3.05) is 6.54 Å². The van der Waals surface area contributed by atoms with Gasteiger partial charge < -0.3 is 11.1 Å². The first-order chi connectivity index (χ1) is 8.56. The van der Waals surface area contributed by atoms with Gasteiger partial charge in [0.15, 0.2) is 0 Å². The van der Waals surface area contributed by atoms with Gasteiger partial charge in [0.25, 0.3) is 0 Å². The molecule has 18 heavy (non-hydrogen) atoms. The molecule has 0 spiro atoms. The van der Waals surface area contributed by atoms with Crippen molar-refractivity contribution in [1.29, 1.82) is 0 Å². The van der Waals surface area contributed by atoms with Crippen LogP contribution in [0.2, 0.25) is 0 Å². The third kappa shape index (κ3) is 3.47. The van der Waals surface area contributed by atoms with E-state index in [2.05, 4.69) is 19.2 Å². The molecule has 0 saturated heterocycles. The Morgan fingerprint density at radius 2 is 2.00 bits per heavy atom. The average Bonchev–Trinajstić information content (AvgIpc) is 2.70. The molecule has 2 aliphatic rings. The van der Waals surface area contributed by atoms with E-state index in [-0.39, 0.29) is 17.9 Å². The summed E-state index contributed by atoms with van der Waals surface area (Å²) in [6, 6.07) is 0.218. The maximum absolute atomic E-state index is 12.2. The molecule has 0 aromatic rings. The van der Waals surface area contributed by atoms with E-state index in [1.807, 2.05) is 0 Å². The number of nitrogens with two attached hydrogens (primary N) is 1. The number of carbonyl (C=O) groups is 1. The molecule has 2 aliphatic carbocycles.